The van der Waals surface area contributed by atoms with Gasteiger partial charge in [-0.15, -0.1) is 11.8 Å². The number of nitrogens with one attached hydrogen (secondary N) is 13. The molecule has 1 unspecified atom stereocenters. The number of ketones is 1. The number of unbranched alkanes of at least 4 members (excludes halogenated alkanes) is 2. The fourth-order valence-corrected chi connectivity index (χ4v) is 18.0. The molecule has 1 aliphatic carbocycles. The molecule has 2 saturated heterocycles. The van der Waals surface area contributed by atoms with Crippen LogP contribution in [0.15, 0.2) is 97.7 Å². The maximum Gasteiger partial charge on any atom is 0.246 e. The number of nitrogens with zero attached hydrogens (tertiary/aromatic N) is 5. The van der Waals surface area contributed by atoms with Gasteiger partial charge in [-0.05, 0) is 105 Å². The van der Waals surface area contributed by atoms with Gasteiger partial charge < -0.3 is 115 Å². The summed E-state index contributed by atoms with van der Waals surface area (Å²) in [6.07, 6.45) is 5.96. The first kappa shape index (κ1) is 104. The maximum absolute atomic E-state index is 15.7. The molecule has 1 saturated carbocycles. The largest absolute Gasteiger partial charge is 0.508 e. The number of para-hydroxylation sites is 2. The van der Waals surface area contributed by atoms with E-state index in [1.54, 1.807) is 74.8 Å². The van der Waals surface area contributed by atoms with E-state index in [0.717, 1.165) is 26.5 Å². The molecule has 3 fully saturated rings. The lowest BCUT2D eigenvalue weighted by Crippen LogP contribution is -2.61. The van der Waals surface area contributed by atoms with E-state index in [0.29, 0.717) is 77.0 Å². The first-order valence-electron chi connectivity index (χ1n) is 45.4. The number of aromatic nitrogens is 4. The number of aliphatic hydroxyl groups is 1. The molecule has 15 atom stereocenters. The topological polar surface area (TPSA) is 619 Å². The average Bonchev–Trinajstić information content (AvgIpc) is 1.46. The van der Waals surface area contributed by atoms with Gasteiger partial charge in [0.25, 0.3) is 0 Å². The van der Waals surface area contributed by atoms with Gasteiger partial charge in [0.05, 0.1) is 43.4 Å². The van der Waals surface area contributed by atoms with Gasteiger partial charge in [-0.2, -0.15) is 0 Å². The van der Waals surface area contributed by atoms with Crippen molar-refractivity contribution >= 4 is 140 Å². The van der Waals surface area contributed by atoms with Gasteiger partial charge in [-0.25, -0.2) is 4.98 Å². The SMILES string of the molecule is CCCC[C@H]1C(=O)N(C)[C@@H](CCCC)C(=O)N[C@@H](CC(C)C)C(=O)N[C@H](C(=O)NCC(N)=O)CSCC(=O)N[C@@H](Cc2ccc(O)cc2)C(=O)N(C)[C@@H](C)C(=O)N[C@@H](CC(N)=O)C(=O)N2CCC[C@H]2C(=O)N[C@@H](Cc2c[nH]cn2)C(=O)N[C@@H](CCC(N)=O)C(=O)C2CCCC[C@H]2C(=O)N[C@@H](Cc2c[nH]c3ccccc23)C(=O)N[C@@H](CO)C(=O)N[C@@H](Cc2c[nH]c3ccccc23)C(=O)N1C. The van der Waals surface area contributed by atoms with Crippen molar-refractivity contribution in [3.63, 3.8) is 0 Å². The number of likely N-dealkylation sites (N-methyl/N-ethyl adjacent to an activating group) is 3. The van der Waals surface area contributed by atoms with Gasteiger partial charge in [-0.1, -0.05) is 115 Å². The van der Waals surface area contributed by atoms with Crippen molar-refractivity contribution in [3.8, 4) is 5.75 Å². The number of nitrogens with two attached hydrogens (primary N) is 3. The standard InChI is InChI=1S/C92H127N21O20S/c1-9-11-26-72-87(128)104-64(36-50(3)4)83(124)109-71(82(123)99-45-77(95)118)47-134-48-78(119)101-67(37-52-29-31-56(115)32-30-52)89(130)110(6)51(5)80(121)106-69(41-76(94)117)91(132)113-35-19-28-73(113)88(129)105-66(40-55-44-96-49-100-55)85(126)102-63(33-34-75(93)116)79(120)59-22-13-14-23-60(59)81(122)103-65(38-53-42-97-61-24-17-15-20-57(53)61)84(125)108-70(46-114)86(127)107-68(39-54-43-98-62-25-18-16-21-58(54)62)90(131)112(8)74(27-12-10-2)92(133)111(72)7/h15-18,20-21,24-25,29-32,42-44,49-51,59-60,63-74,97-98,114-115H,9-14,19,22-23,26-28,33-41,45-48H2,1-8H3,(H2,93,116)(H2,94,117)(H2,95,118)(H,96,100)(H,99,123)(H,101,119)(H,102,126)(H,103,122)(H,104,128)(H,105,129)(H,106,121)(H,107,127)(H,108,125)(H,109,124)/t51-,59?,60+,63-,64-,65-,66-,67-,68-,69-,70-,71-,72-,73-,74-/m0/s1. The summed E-state index contributed by atoms with van der Waals surface area (Å²) >= 11 is 0.793. The lowest BCUT2D eigenvalue weighted by Gasteiger charge is -2.36. The van der Waals surface area contributed by atoms with E-state index in [9.17, 15) is 58.2 Å². The summed E-state index contributed by atoms with van der Waals surface area (Å²) in [5.41, 5.74) is 19.9. The number of Topliss-reactive ketones (excluding diaryl/α,β-unsaturated/α-hetero) is 1. The summed E-state index contributed by atoms with van der Waals surface area (Å²) < 4.78 is 0. The fraction of sp³-hybridized carbons (Fsp3) is 0.533. The summed E-state index contributed by atoms with van der Waals surface area (Å²) in [5.74, 6) is -20.2. The molecule has 42 heteroatoms. The normalized spacial score (nSPS) is 25.0. The van der Waals surface area contributed by atoms with E-state index in [-0.39, 0.29) is 94.5 Å². The highest BCUT2D eigenvalue weighted by atomic mass is 32.2. The lowest BCUT2D eigenvalue weighted by atomic mass is 9.74. The van der Waals surface area contributed by atoms with Crippen molar-refractivity contribution in [2.45, 2.75) is 242 Å². The van der Waals surface area contributed by atoms with E-state index >= 15 is 38.4 Å². The van der Waals surface area contributed by atoms with Gasteiger partial charge in [0.2, 0.25) is 100 Å². The first-order valence-corrected chi connectivity index (χ1v) is 46.6. The van der Waals surface area contributed by atoms with Crippen LogP contribution in [-0.2, 0) is 112 Å². The van der Waals surface area contributed by atoms with Crippen molar-refractivity contribution in [1.82, 2.24) is 92.7 Å². The Morgan fingerprint density at radius 1 is 0.522 bits per heavy atom. The number of amides is 17. The second kappa shape index (κ2) is 50.0. The van der Waals surface area contributed by atoms with Gasteiger partial charge in [0.15, 0.2) is 5.78 Å². The number of primary amides is 3. The molecule has 726 valence electrons. The van der Waals surface area contributed by atoms with Crippen molar-refractivity contribution < 1.29 is 96.5 Å². The molecule has 3 aliphatic rings. The summed E-state index contributed by atoms with van der Waals surface area (Å²) in [4.78, 5) is 281. The number of rotatable bonds is 25. The average molecular weight is 1880 g/mol. The Hall–Kier alpha value is -13.3. The first-order chi connectivity index (χ1) is 63.9. The number of phenols is 1. The molecule has 0 radical (unpaired) electrons. The van der Waals surface area contributed by atoms with E-state index in [1.807, 2.05) is 13.8 Å². The van der Waals surface area contributed by atoms with Crippen LogP contribution in [0.1, 0.15) is 160 Å². The molecule has 21 N–H and O–H groups in total. The minimum Gasteiger partial charge on any atom is -0.508 e. The summed E-state index contributed by atoms with van der Waals surface area (Å²) in [7, 11) is 3.97. The Balaban J connectivity index is 1.10. The van der Waals surface area contributed by atoms with Crippen LogP contribution in [0.4, 0.5) is 0 Å². The Morgan fingerprint density at radius 3 is 1.66 bits per heavy atom. The maximum atomic E-state index is 15.7. The number of carbonyl (C=O) groups excluding carboxylic acids is 18. The highest BCUT2D eigenvalue weighted by molar-refractivity contribution is 8.00. The molecule has 0 spiro atoms. The van der Waals surface area contributed by atoms with Crippen molar-refractivity contribution in [2.24, 2.45) is 35.0 Å². The number of benzene rings is 3. The summed E-state index contributed by atoms with van der Waals surface area (Å²) in [6.45, 7) is 6.61. The zero-order chi connectivity index (χ0) is 97.7. The van der Waals surface area contributed by atoms with Gasteiger partial charge in [0, 0.05) is 118 Å². The molecule has 3 aromatic heterocycles. The molecule has 0 bridgehead atoms. The Bertz CT molecular complexity index is 5180. The van der Waals surface area contributed by atoms with Crippen molar-refractivity contribution in [2.75, 3.05) is 52.3 Å². The van der Waals surface area contributed by atoms with E-state index in [4.69, 9.17) is 17.2 Å². The number of carbonyl (C=O) groups is 18. The summed E-state index contributed by atoms with van der Waals surface area (Å²) in [6, 6.07) is -0.269. The number of hydrogen-bond acceptors (Lipinski definition) is 22. The van der Waals surface area contributed by atoms with Crippen LogP contribution >= 0.6 is 11.8 Å². The van der Waals surface area contributed by atoms with Crippen molar-refractivity contribution in [1.29, 1.82) is 0 Å². The zero-order valence-corrected chi connectivity index (χ0v) is 77.6. The number of hydrogen-bond donors (Lipinski definition) is 18. The number of phenolic OH excluding ortho intramolecular Hbond substituents is 1. The predicted molar refractivity (Wildman–Crippen MR) is 493 cm³/mol. The summed E-state index contributed by atoms with van der Waals surface area (Å²) in [5, 5.41) is 49.4. The third-order valence-electron chi connectivity index (χ3n) is 24.7. The molecule has 2 aliphatic heterocycles. The Kier molecular flexibility index (Phi) is 39.0. The van der Waals surface area contributed by atoms with E-state index in [2.05, 4.69) is 73.1 Å². The van der Waals surface area contributed by atoms with Crippen LogP contribution in [0.3, 0.4) is 0 Å². The molecule has 134 heavy (non-hydrogen) atoms. The smallest absolute Gasteiger partial charge is 0.246 e. The molecule has 6 aromatic rings. The van der Waals surface area contributed by atoms with Crippen LogP contribution < -0.4 is 70.4 Å². The molecule has 3 aromatic carbocycles. The van der Waals surface area contributed by atoms with Crippen LogP contribution in [0, 0.1) is 17.8 Å². The number of imidazole rings is 1. The molecular weight excluding hydrogens is 1750 g/mol. The van der Waals surface area contributed by atoms with Gasteiger partial charge in [-0.3, -0.25) is 86.3 Å². The van der Waals surface area contributed by atoms with Crippen LogP contribution in [0.25, 0.3) is 21.8 Å². The van der Waals surface area contributed by atoms with Gasteiger partial charge >= 0.3 is 0 Å². The van der Waals surface area contributed by atoms with Crippen LogP contribution in [-0.4, -0.2) is 287 Å². The fourth-order valence-electron chi connectivity index (χ4n) is 17.1. The van der Waals surface area contributed by atoms with Crippen LogP contribution in [0.2, 0.25) is 0 Å². The Labute approximate surface area is 779 Å². The molecular formula is C92H127N21O20S. The highest BCUT2D eigenvalue weighted by Gasteiger charge is 2.46. The van der Waals surface area contributed by atoms with Crippen molar-refractivity contribution in [3.05, 3.63) is 120 Å². The lowest BCUT2D eigenvalue weighted by molar-refractivity contribution is -0.149. The monoisotopic (exact) mass is 1880 g/mol. The third kappa shape index (κ3) is 28.9. The van der Waals surface area contributed by atoms with Gasteiger partial charge in [0.1, 0.15) is 78.3 Å². The second-order valence-corrected chi connectivity index (χ2v) is 36.0. The number of thioether (sulfide) groups is 1. The number of aliphatic hydroxyl groups excluding tert-OH is 1. The second-order valence-electron chi connectivity index (χ2n) is 35.0. The quantitative estimate of drug-likeness (QED) is 0.0343. The number of aromatic amines is 3. The highest BCUT2D eigenvalue weighted by Crippen LogP contribution is 2.34. The predicted octanol–water partition coefficient (Wildman–Crippen LogP) is -0.513. The number of H-pyrrole nitrogens is 3. The van der Waals surface area contributed by atoms with E-state index in [1.165, 1.54) is 69.8 Å². The third-order valence-corrected chi connectivity index (χ3v) is 25.7. The zero-order valence-electron chi connectivity index (χ0n) is 76.8. The number of aromatic hydroxyl groups is 1. The molecule has 41 nitrogen and oxygen atoms in total. The minimum atomic E-state index is -1.86. The Morgan fingerprint density at radius 2 is 1.06 bits per heavy atom. The molecule has 5 heterocycles. The van der Waals surface area contributed by atoms with Crippen LogP contribution in [0.5, 0.6) is 5.75 Å². The number of fused-ring (bicyclic) bond motifs is 4. The molecule has 9 rings (SSSR count). The minimum absolute atomic E-state index is 0.0201. The van der Waals surface area contributed by atoms with E-state index < -0.39 is 241 Å². The molecule has 17 amide bonds.